The molecule has 26 heavy (non-hydrogen) atoms. The summed E-state index contributed by atoms with van der Waals surface area (Å²) in [5.74, 6) is 0.953. The molecule has 4 rings (SSSR count). The highest BCUT2D eigenvalue weighted by Crippen LogP contribution is 2.56. The Balaban J connectivity index is 0.00000196. The van der Waals surface area contributed by atoms with Gasteiger partial charge in [0.05, 0.1) is 12.1 Å². The van der Waals surface area contributed by atoms with Crippen LogP contribution in [0.4, 0.5) is 0 Å². The van der Waals surface area contributed by atoms with Crippen LogP contribution < -0.4 is 5.32 Å². The Morgan fingerprint density at radius 3 is 2.81 bits per heavy atom. The number of thiophene rings is 1. The van der Waals surface area contributed by atoms with Crippen LogP contribution in [-0.2, 0) is 17.8 Å². The first kappa shape index (κ1) is 19.4. The van der Waals surface area contributed by atoms with Gasteiger partial charge in [0.2, 0.25) is 5.91 Å². The molecule has 2 fully saturated rings. The molecule has 1 N–H and O–H groups in total. The summed E-state index contributed by atoms with van der Waals surface area (Å²) in [6.07, 6.45) is 3.88. The van der Waals surface area contributed by atoms with Gasteiger partial charge in [-0.05, 0) is 74.0 Å². The van der Waals surface area contributed by atoms with Crippen molar-refractivity contribution in [2.24, 2.45) is 5.41 Å². The molecule has 1 aliphatic carbocycles. The van der Waals surface area contributed by atoms with E-state index < -0.39 is 0 Å². The maximum Gasteiger partial charge on any atom is 0.227 e. The van der Waals surface area contributed by atoms with Crippen molar-refractivity contribution in [3.63, 3.8) is 0 Å². The third kappa shape index (κ3) is 3.68. The summed E-state index contributed by atoms with van der Waals surface area (Å²) in [5.41, 5.74) is 3.34. The third-order valence-corrected chi connectivity index (χ3v) is 6.62. The van der Waals surface area contributed by atoms with Gasteiger partial charge in [0.15, 0.2) is 0 Å². The first-order valence-electron chi connectivity index (χ1n) is 9.02. The fraction of sp³-hybridized carbons (Fsp3) is 0.579. The topological polar surface area (TPSA) is 58.4 Å². The molecule has 1 saturated carbocycles. The lowest BCUT2D eigenvalue weighted by atomic mass is 9.93. The smallest absolute Gasteiger partial charge is 0.227 e. The maximum absolute atomic E-state index is 13.2. The van der Waals surface area contributed by atoms with E-state index in [0.29, 0.717) is 24.4 Å². The Hall–Kier alpha value is -1.37. The van der Waals surface area contributed by atoms with Crippen LogP contribution in [0.15, 0.2) is 21.3 Å². The molecule has 1 aliphatic heterocycles. The highest BCUT2D eigenvalue weighted by Gasteiger charge is 2.57. The highest BCUT2D eigenvalue weighted by atomic mass is 35.5. The van der Waals surface area contributed by atoms with Gasteiger partial charge in [0, 0.05) is 18.2 Å². The Kier molecular flexibility index (Phi) is 5.75. The van der Waals surface area contributed by atoms with Crippen LogP contribution in [0.3, 0.4) is 0 Å². The van der Waals surface area contributed by atoms with Crippen LogP contribution >= 0.6 is 23.7 Å². The molecule has 0 aromatic carbocycles. The number of carbonyl (C=O) groups is 1. The molecule has 0 radical (unpaired) electrons. The van der Waals surface area contributed by atoms with Gasteiger partial charge in [-0.15, -0.1) is 12.4 Å². The molecular weight excluding hydrogens is 370 g/mol. The van der Waals surface area contributed by atoms with E-state index in [1.807, 2.05) is 13.8 Å². The van der Waals surface area contributed by atoms with Gasteiger partial charge in [-0.1, -0.05) is 5.16 Å². The molecule has 1 spiro atoms. The average Bonchev–Trinajstić information content (AvgIpc) is 2.96. The van der Waals surface area contributed by atoms with E-state index in [0.717, 1.165) is 36.5 Å². The summed E-state index contributed by atoms with van der Waals surface area (Å²) >= 11 is 1.69. The van der Waals surface area contributed by atoms with Crippen LogP contribution in [0, 0.1) is 19.3 Å². The number of halogens is 1. The van der Waals surface area contributed by atoms with E-state index in [2.05, 4.69) is 32.2 Å². The molecule has 5 nitrogen and oxygen atoms in total. The second kappa shape index (κ2) is 7.71. The zero-order valence-electron chi connectivity index (χ0n) is 15.3. The minimum Gasteiger partial charge on any atom is -0.361 e. The van der Waals surface area contributed by atoms with E-state index >= 15 is 0 Å². The van der Waals surface area contributed by atoms with E-state index in [4.69, 9.17) is 4.52 Å². The minimum atomic E-state index is 0. The number of nitrogens with zero attached hydrogens (tertiary/aromatic N) is 2. The lowest BCUT2D eigenvalue weighted by Crippen LogP contribution is -2.39. The predicted molar refractivity (Wildman–Crippen MR) is 105 cm³/mol. The fourth-order valence-corrected chi connectivity index (χ4v) is 4.85. The van der Waals surface area contributed by atoms with Crippen molar-refractivity contribution >= 4 is 29.7 Å². The molecule has 2 aromatic heterocycles. The molecular formula is C19H26ClN3O2S. The summed E-state index contributed by atoms with van der Waals surface area (Å²) in [6.45, 7) is 6.65. The van der Waals surface area contributed by atoms with Gasteiger partial charge >= 0.3 is 0 Å². The standard InChI is InChI=1S/C19H25N3O2S.ClH/c1-13-16(14(2)24-21-13)9-18(23)22(11-15-3-8-25-12-15)17-10-19(17)4-6-20-7-5-19;/h3,8,12,17,20H,4-7,9-11H2,1-2H3;1H. The van der Waals surface area contributed by atoms with Crippen LogP contribution in [-0.4, -0.2) is 35.1 Å². The van der Waals surface area contributed by atoms with Crippen LogP contribution in [0.25, 0.3) is 0 Å². The summed E-state index contributed by atoms with van der Waals surface area (Å²) < 4.78 is 5.24. The van der Waals surface area contributed by atoms with E-state index in [1.165, 1.54) is 18.4 Å². The van der Waals surface area contributed by atoms with Gasteiger partial charge in [-0.2, -0.15) is 11.3 Å². The Morgan fingerprint density at radius 1 is 1.42 bits per heavy atom. The number of carbonyl (C=O) groups excluding carboxylic acids is 1. The Labute approximate surface area is 164 Å². The number of nitrogens with one attached hydrogen (secondary N) is 1. The van der Waals surface area contributed by atoms with Crippen molar-refractivity contribution < 1.29 is 9.32 Å². The third-order valence-electron chi connectivity index (χ3n) is 5.88. The molecule has 2 aliphatic rings. The average molecular weight is 396 g/mol. The van der Waals surface area contributed by atoms with E-state index in [1.54, 1.807) is 11.3 Å². The molecule has 1 saturated heterocycles. The number of amides is 1. The summed E-state index contributed by atoms with van der Waals surface area (Å²) in [7, 11) is 0. The predicted octanol–water partition coefficient (Wildman–Crippen LogP) is 3.49. The van der Waals surface area contributed by atoms with Crippen molar-refractivity contribution in [3.8, 4) is 0 Å². The van der Waals surface area contributed by atoms with E-state index in [-0.39, 0.29) is 18.3 Å². The molecule has 3 heterocycles. The number of piperidine rings is 1. The second-order valence-electron chi connectivity index (χ2n) is 7.47. The largest absolute Gasteiger partial charge is 0.361 e. The number of hydrogen-bond acceptors (Lipinski definition) is 5. The van der Waals surface area contributed by atoms with Crippen molar-refractivity contribution in [2.45, 2.75) is 52.1 Å². The molecule has 1 amide bonds. The monoisotopic (exact) mass is 395 g/mol. The molecule has 1 unspecified atom stereocenters. The van der Waals surface area contributed by atoms with Crippen molar-refractivity contribution in [2.75, 3.05) is 13.1 Å². The van der Waals surface area contributed by atoms with Crippen molar-refractivity contribution in [1.82, 2.24) is 15.4 Å². The molecule has 2 aromatic rings. The second-order valence-corrected chi connectivity index (χ2v) is 8.25. The molecule has 142 valence electrons. The zero-order valence-corrected chi connectivity index (χ0v) is 16.9. The molecule has 0 bridgehead atoms. The lowest BCUT2D eigenvalue weighted by molar-refractivity contribution is -0.132. The van der Waals surface area contributed by atoms with Crippen LogP contribution in [0.5, 0.6) is 0 Å². The maximum atomic E-state index is 13.2. The van der Waals surface area contributed by atoms with Gasteiger partial charge in [-0.25, -0.2) is 0 Å². The summed E-state index contributed by atoms with van der Waals surface area (Å²) in [5, 5.41) is 11.7. The van der Waals surface area contributed by atoms with Crippen molar-refractivity contribution in [1.29, 1.82) is 0 Å². The minimum absolute atomic E-state index is 0. The number of aromatic nitrogens is 1. The number of rotatable bonds is 5. The molecule has 1 atom stereocenters. The normalized spacial score (nSPS) is 20.6. The fourth-order valence-electron chi connectivity index (χ4n) is 4.19. The number of hydrogen-bond donors (Lipinski definition) is 1. The summed E-state index contributed by atoms with van der Waals surface area (Å²) in [4.78, 5) is 15.3. The highest BCUT2D eigenvalue weighted by molar-refractivity contribution is 7.07. The lowest BCUT2D eigenvalue weighted by Gasteiger charge is -2.29. The first-order chi connectivity index (χ1) is 12.1. The SMILES string of the molecule is Cc1noc(C)c1CC(=O)N(Cc1ccsc1)C1CC12CCNCC2.Cl. The molecule has 7 heteroatoms. The number of aryl methyl sites for hydroxylation is 2. The quantitative estimate of drug-likeness (QED) is 0.841. The van der Waals surface area contributed by atoms with Gasteiger partial charge in [-0.3, -0.25) is 4.79 Å². The van der Waals surface area contributed by atoms with Gasteiger partial charge < -0.3 is 14.7 Å². The van der Waals surface area contributed by atoms with Crippen LogP contribution in [0.2, 0.25) is 0 Å². The van der Waals surface area contributed by atoms with E-state index in [9.17, 15) is 4.79 Å². The Morgan fingerprint density at radius 2 is 2.19 bits per heavy atom. The Bertz CT molecular complexity index is 733. The zero-order chi connectivity index (χ0) is 17.4. The first-order valence-corrected chi connectivity index (χ1v) is 9.96. The van der Waals surface area contributed by atoms with Gasteiger partial charge in [0.25, 0.3) is 0 Å². The van der Waals surface area contributed by atoms with Crippen LogP contribution in [0.1, 0.15) is 41.8 Å². The van der Waals surface area contributed by atoms with Crippen molar-refractivity contribution in [3.05, 3.63) is 39.4 Å². The van der Waals surface area contributed by atoms with Gasteiger partial charge in [0.1, 0.15) is 5.76 Å². The summed E-state index contributed by atoms with van der Waals surface area (Å²) in [6, 6.07) is 2.50.